The van der Waals surface area contributed by atoms with Gasteiger partial charge in [0, 0.05) is 12.5 Å². The van der Waals surface area contributed by atoms with E-state index in [9.17, 15) is 4.79 Å². The van der Waals surface area contributed by atoms with Gasteiger partial charge in [0.25, 0.3) is 0 Å². The molecule has 0 bridgehead atoms. The SMILES string of the molecule is C=C[C@H](C[C@H]1OC(C)(C)O[C@@H]1CCCCCCC)OC(=O)/C=C/c1ccccc1. The van der Waals surface area contributed by atoms with Crippen molar-refractivity contribution in [2.75, 3.05) is 0 Å². The average Bonchev–Trinajstić information content (AvgIpc) is 2.99. The summed E-state index contributed by atoms with van der Waals surface area (Å²) in [4.78, 5) is 12.2. The first kappa shape index (κ1) is 23.4. The number of unbranched alkanes of at least 4 members (excludes halogenated alkanes) is 4. The van der Waals surface area contributed by atoms with E-state index in [4.69, 9.17) is 14.2 Å². The summed E-state index contributed by atoms with van der Waals surface area (Å²) in [5.41, 5.74) is 0.956. The Labute approximate surface area is 175 Å². The van der Waals surface area contributed by atoms with Gasteiger partial charge in [0.15, 0.2) is 5.79 Å². The second-order valence-electron chi connectivity index (χ2n) is 8.11. The van der Waals surface area contributed by atoms with Crippen LogP contribution < -0.4 is 0 Å². The molecule has 1 fully saturated rings. The Balaban J connectivity index is 1.86. The molecule has 0 N–H and O–H groups in total. The van der Waals surface area contributed by atoms with Gasteiger partial charge < -0.3 is 14.2 Å². The number of carbonyl (C=O) groups excluding carboxylic acids is 1. The van der Waals surface area contributed by atoms with Crippen LogP contribution in [0.4, 0.5) is 0 Å². The molecular weight excluding hydrogens is 364 g/mol. The van der Waals surface area contributed by atoms with E-state index >= 15 is 0 Å². The van der Waals surface area contributed by atoms with Crippen molar-refractivity contribution in [3.63, 3.8) is 0 Å². The van der Waals surface area contributed by atoms with Gasteiger partial charge in [0.1, 0.15) is 6.10 Å². The fourth-order valence-corrected chi connectivity index (χ4v) is 3.64. The van der Waals surface area contributed by atoms with Gasteiger partial charge in [-0.05, 0) is 31.9 Å². The zero-order valence-electron chi connectivity index (χ0n) is 18.1. The number of ether oxygens (including phenoxy) is 3. The van der Waals surface area contributed by atoms with Crippen molar-refractivity contribution < 1.29 is 19.0 Å². The minimum absolute atomic E-state index is 0.0210. The first-order valence-electron chi connectivity index (χ1n) is 10.9. The van der Waals surface area contributed by atoms with Gasteiger partial charge in [0.2, 0.25) is 0 Å². The molecule has 1 heterocycles. The highest BCUT2D eigenvalue weighted by Crippen LogP contribution is 2.33. The summed E-state index contributed by atoms with van der Waals surface area (Å²) in [6.07, 6.45) is 12.0. The number of hydrogen-bond donors (Lipinski definition) is 0. The fourth-order valence-electron chi connectivity index (χ4n) is 3.64. The maximum absolute atomic E-state index is 12.2. The molecule has 0 spiro atoms. The highest BCUT2D eigenvalue weighted by molar-refractivity contribution is 5.87. The maximum atomic E-state index is 12.2. The summed E-state index contributed by atoms with van der Waals surface area (Å²) in [7, 11) is 0. The van der Waals surface area contributed by atoms with Gasteiger partial charge in [-0.25, -0.2) is 4.79 Å². The Morgan fingerprint density at radius 3 is 2.52 bits per heavy atom. The third kappa shape index (κ3) is 8.55. The predicted octanol–water partition coefficient (Wildman–Crippen LogP) is 6.07. The number of carbonyl (C=O) groups is 1. The summed E-state index contributed by atoms with van der Waals surface area (Å²) in [6.45, 7) is 9.93. The molecule has 1 aromatic carbocycles. The van der Waals surface area contributed by atoms with E-state index < -0.39 is 11.9 Å². The minimum Gasteiger partial charge on any atom is -0.455 e. The van der Waals surface area contributed by atoms with E-state index in [-0.39, 0.29) is 18.2 Å². The highest BCUT2D eigenvalue weighted by atomic mass is 16.8. The lowest BCUT2D eigenvalue weighted by Crippen LogP contribution is -2.29. The molecule has 3 atom stereocenters. The van der Waals surface area contributed by atoms with Crippen molar-refractivity contribution in [3.8, 4) is 0 Å². The molecule has 160 valence electrons. The number of benzene rings is 1. The Hall–Kier alpha value is -1.91. The second kappa shape index (κ2) is 11.9. The molecule has 1 saturated heterocycles. The van der Waals surface area contributed by atoms with Crippen LogP contribution in [0.3, 0.4) is 0 Å². The molecule has 1 aliphatic rings. The highest BCUT2D eigenvalue weighted by Gasteiger charge is 2.41. The Morgan fingerprint density at radius 1 is 1.14 bits per heavy atom. The Morgan fingerprint density at radius 2 is 1.83 bits per heavy atom. The lowest BCUT2D eigenvalue weighted by molar-refractivity contribution is -0.151. The van der Waals surface area contributed by atoms with Crippen molar-refractivity contribution in [1.82, 2.24) is 0 Å². The first-order valence-corrected chi connectivity index (χ1v) is 10.9. The predicted molar refractivity (Wildman–Crippen MR) is 117 cm³/mol. The quantitative estimate of drug-likeness (QED) is 0.185. The van der Waals surface area contributed by atoms with E-state index in [0.717, 1.165) is 18.4 Å². The molecule has 1 aromatic rings. The molecule has 4 heteroatoms. The largest absolute Gasteiger partial charge is 0.455 e. The topological polar surface area (TPSA) is 44.8 Å². The van der Waals surface area contributed by atoms with Crippen LogP contribution in [-0.4, -0.2) is 30.1 Å². The molecule has 0 saturated carbocycles. The monoisotopic (exact) mass is 400 g/mol. The van der Waals surface area contributed by atoms with Crippen LogP contribution >= 0.6 is 0 Å². The lowest BCUT2D eigenvalue weighted by Gasteiger charge is -2.21. The van der Waals surface area contributed by atoms with Crippen molar-refractivity contribution >= 4 is 12.0 Å². The third-order valence-electron chi connectivity index (χ3n) is 5.08. The standard InChI is InChI=1S/C25H36O4/c1-5-7-8-9-13-16-22-23(29-25(3,4)28-22)19-21(6-2)27-24(26)18-17-20-14-11-10-12-15-20/h6,10-12,14-15,17-18,21-23H,2,5,7-9,13,16,19H2,1,3-4H3/b18-17+/t21-,22-,23-/m1/s1. The third-order valence-corrected chi connectivity index (χ3v) is 5.08. The minimum atomic E-state index is -0.609. The van der Waals surface area contributed by atoms with Crippen LogP contribution in [0.2, 0.25) is 0 Å². The molecule has 0 aliphatic carbocycles. The van der Waals surface area contributed by atoms with Crippen LogP contribution in [-0.2, 0) is 19.0 Å². The van der Waals surface area contributed by atoms with Crippen molar-refractivity contribution in [2.24, 2.45) is 0 Å². The van der Waals surface area contributed by atoms with Gasteiger partial charge in [0.05, 0.1) is 12.2 Å². The molecular formula is C25H36O4. The van der Waals surface area contributed by atoms with E-state index in [1.54, 1.807) is 12.2 Å². The summed E-state index contributed by atoms with van der Waals surface area (Å²) >= 11 is 0. The molecule has 0 amide bonds. The summed E-state index contributed by atoms with van der Waals surface area (Å²) in [5.74, 6) is -0.991. The molecule has 0 radical (unpaired) electrons. The van der Waals surface area contributed by atoms with Crippen LogP contribution in [0, 0.1) is 0 Å². The van der Waals surface area contributed by atoms with E-state index in [2.05, 4.69) is 13.5 Å². The van der Waals surface area contributed by atoms with Crippen LogP contribution in [0.1, 0.15) is 71.3 Å². The summed E-state index contributed by atoms with van der Waals surface area (Å²) in [6, 6.07) is 9.67. The van der Waals surface area contributed by atoms with Gasteiger partial charge in [-0.3, -0.25) is 0 Å². The molecule has 0 unspecified atom stereocenters. The number of rotatable bonds is 12. The zero-order valence-corrected chi connectivity index (χ0v) is 18.1. The Bertz CT molecular complexity index is 650. The van der Waals surface area contributed by atoms with Crippen molar-refractivity contribution in [1.29, 1.82) is 0 Å². The lowest BCUT2D eigenvalue weighted by atomic mass is 10.0. The van der Waals surface area contributed by atoms with E-state index in [1.807, 2.05) is 44.2 Å². The maximum Gasteiger partial charge on any atom is 0.331 e. The number of hydrogen-bond acceptors (Lipinski definition) is 4. The van der Waals surface area contributed by atoms with E-state index in [1.165, 1.54) is 31.8 Å². The van der Waals surface area contributed by atoms with Crippen LogP contribution in [0.15, 0.2) is 49.1 Å². The van der Waals surface area contributed by atoms with Gasteiger partial charge in [-0.15, -0.1) is 0 Å². The average molecular weight is 401 g/mol. The van der Waals surface area contributed by atoms with Crippen molar-refractivity contribution in [3.05, 3.63) is 54.6 Å². The molecule has 1 aliphatic heterocycles. The normalized spacial score (nSPS) is 21.9. The van der Waals surface area contributed by atoms with Crippen LogP contribution in [0.5, 0.6) is 0 Å². The first-order chi connectivity index (χ1) is 13.9. The van der Waals surface area contributed by atoms with Crippen molar-refractivity contribution in [2.45, 2.75) is 89.8 Å². The fraction of sp³-hybridized carbons (Fsp3) is 0.560. The Kier molecular flexibility index (Phi) is 9.62. The molecule has 0 aromatic heterocycles. The summed E-state index contributed by atoms with van der Waals surface area (Å²) < 4.78 is 17.8. The zero-order chi connectivity index (χ0) is 21.1. The van der Waals surface area contributed by atoms with E-state index in [0.29, 0.717) is 6.42 Å². The van der Waals surface area contributed by atoms with Gasteiger partial charge >= 0.3 is 5.97 Å². The van der Waals surface area contributed by atoms with Crippen LogP contribution in [0.25, 0.3) is 6.08 Å². The second-order valence-corrected chi connectivity index (χ2v) is 8.11. The molecule has 2 rings (SSSR count). The molecule has 29 heavy (non-hydrogen) atoms. The number of esters is 1. The smallest absolute Gasteiger partial charge is 0.331 e. The summed E-state index contributed by atoms with van der Waals surface area (Å²) in [5, 5.41) is 0. The van der Waals surface area contributed by atoms with Gasteiger partial charge in [-0.1, -0.05) is 82.0 Å². The van der Waals surface area contributed by atoms with Gasteiger partial charge in [-0.2, -0.15) is 0 Å². The molecule has 4 nitrogen and oxygen atoms in total.